The Hall–Kier alpha value is -5.17. The number of ketones is 1. The molecule has 3 heterocycles. The van der Waals surface area contributed by atoms with Crippen LogP contribution in [0.2, 0.25) is 0 Å². The molecule has 198 valence electrons. The number of aliphatic hydroxyl groups is 1. The summed E-state index contributed by atoms with van der Waals surface area (Å²) in [6.45, 7) is 2.41. The largest absolute Gasteiger partial charge is 0.507 e. The first-order valence-electron chi connectivity index (χ1n) is 13.0. The maximum absolute atomic E-state index is 13.5. The summed E-state index contributed by atoms with van der Waals surface area (Å²) in [5.41, 5.74) is 4.56. The Morgan fingerprint density at radius 2 is 1.75 bits per heavy atom. The number of ether oxygens (including phenoxy) is 1. The maximum atomic E-state index is 13.5. The number of hydrogen-bond donors (Lipinski definition) is 2. The Labute approximate surface area is 231 Å². The van der Waals surface area contributed by atoms with Crippen molar-refractivity contribution in [1.82, 2.24) is 14.9 Å². The van der Waals surface area contributed by atoms with Crippen molar-refractivity contribution in [2.24, 2.45) is 0 Å². The van der Waals surface area contributed by atoms with Crippen molar-refractivity contribution in [2.45, 2.75) is 26.1 Å². The molecule has 7 nitrogen and oxygen atoms in total. The third-order valence-corrected chi connectivity index (χ3v) is 7.20. The van der Waals surface area contributed by atoms with E-state index in [2.05, 4.69) is 9.97 Å². The number of nitrogens with one attached hydrogen (secondary N) is 1. The fourth-order valence-corrected chi connectivity index (χ4v) is 5.20. The molecule has 1 aliphatic heterocycles. The number of para-hydroxylation sites is 1. The fourth-order valence-electron chi connectivity index (χ4n) is 5.20. The highest BCUT2D eigenvalue weighted by Crippen LogP contribution is 2.42. The lowest BCUT2D eigenvalue weighted by Gasteiger charge is -2.24. The number of aryl methyl sites for hydroxylation is 1. The van der Waals surface area contributed by atoms with Crippen LogP contribution >= 0.6 is 0 Å². The number of carbonyl (C=O) groups is 2. The number of fused-ring (bicyclic) bond motifs is 1. The van der Waals surface area contributed by atoms with Gasteiger partial charge in [-0.3, -0.25) is 14.6 Å². The summed E-state index contributed by atoms with van der Waals surface area (Å²) < 4.78 is 5.99. The molecule has 1 fully saturated rings. The molecule has 3 aromatic carbocycles. The third kappa shape index (κ3) is 4.62. The van der Waals surface area contributed by atoms with Crippen LogP contribution in [-0.4, -0.2) is 31.7 Å². The Morgan fingerprint density at radius 1 is 0.975 bits per heavy atom. The Kier molecular flexibility index (Phi) is 6.62. The number of amides is 1. The van der Waals surface area contributed by atoms with Crippen molar-refractivity contribution < 1.29 is 19.4 Å². The summed E-state index contributed by atoms with van der Waals surface area (Å²) in [5, 5.41) is 12.4. The molecule has 0 bridgehead atoms. The van der Waals surface area contributed by atoms with Gasteiger partial charge in [-0.25, -0.2) is 0 Å². The number of nitrogens with zero attached hydrogens (tertiary/aromatic N) is 2. The zero-order valence-electron chi connectivity index (χ0n) is 21.9. The standard InChI is InChI=1S/C33H27N3O4/c1-21-17-23(14-15-28(21)40-20-22-9-3-2-4-10-22)31(37)29-30(26-18-35-27-13-6-5-12-25(26)27)36(33(39)32(29)38)19-24-11-7-8-16-34-24/h2-18,30,35,37H,19-20H2,1H3/b31-29+. The van der Waals surface area contributed by atoms with Crippen molar-refractivity contribution in [1.29, 1.82) is 0 Å². The van der Waals surface area contributed by atoms with Crippen LogP contribution in [0, 0.1) is 6.92 Å². The van der Waals surface area contributed by atoms with Crippen LogP contribution in [0.15, 0.2) is 109 Å². The summed E-state index contributed by atoms with van der Waals surface area (Å²) in [6, 6.07) is 27.4. The summed E-state index contributed by atoms with van der Waals surface area (Å²) in [7, 11) is 0. The predicted molar refractivity (Wildman–Crippen MR) is 152 cm³/mol. The third-order valence-electron chi connectivity index (χ3n) is 7.20. The molecule has 2 aromatic heterocycles. The minimum absolute atomic E-state index is 0.0445. The topological polar surface area (TPSA) is 95.5 Å². The number of aliphatic hydroxyl groups excluding tert-OH is 1. The van der Waals surface area contributed by atoms with Gasteiger partial charge in [0.25, 0.3) is 11.7 Å². The summed E-state index contributed by atoms with van der Waals surface area (Å²) in [4.78, 5) is 36.0. The van der Waals surface area contributed by atoms with Gasteiger partial charge in [0.05, 0.1) is 23.9 Å². The van der Waals surface area contributed by atoms with Crippen LogP contribution in [0.1, 0.15) is 34.0 Å². The van der Waals surface area contributed by atoms with E-state index in [1.54, 1.807) is 36.7 Å². The number of aromatic amines is 1. The molecule has 0 saturated carbocycles. The van der Waals surface area contributed by atoms with Gasteiger partial charge >= 0.3 is 0 Å². The summed E-state index contributed by atoms with van der Waals surface area (Å²) in [5.74, 6) is -0.966. The molecule has 1 unspecified atom stereocenters. The molecule has 6 rings (SSSR count). The average molecular weight is 530 g/mol. The van der Waals surface area contributed by atoms with E-state index in [-0.39, 0.29) is 17.9 Å². The monoisotopic (exact) mass is 529 g/mol. The van der Waals surface area contributed by atoms with Crippen LogP contribution in [0.5, 0.6) is 5.75 Å². The van der Waals surface area contributed by atoms with Crippen molar-refractivity contribution in [2.75, 3.05) is 0 Å². The number of carbonyl (C=O) groups excluding carboxylic acids is 2. The number of aromatic nitrogens is 2. The van der Waals surface area contributed by atoms with Gasteiger partial charge in [0.15, 0.2) is 0 Å². The number of H-pyrrole nitrogens is 1. The first-order chi connectivity index (χ1) is 19.5. The van der Waals surface area contributed by atoms with Gasteiger partial charge in [-0.1, -0.05) is 54.6 Å². The van der Waals surface area contributed by atoms with E-state index in [9.17, 15) is 14.7 Å². The van der Waals surface area contributed by atoms with Crippen molar-refractivity contribution >= 4 is 28.4 Å². The number of benzene rings is 3. The molecule has 1 amide bonds. The van der Waals surface area contributed by atoms with E-state index in [1.165, 1.54) is 4.90 Å². The zero-order chi connectivity index (χ0) is 27.6. The zero-order valence-corrected chi connectivity index (χ0v) is 21.9. The lowest BCUT2D eigenvalue weighted by atomic mass is 9.94. The quantitative estimate of drug-likeness (QED) is 0.152. The lowest BCUT2D eigenvalue weighted by Crippen LogP contribution is -2.29. The summed E-state index contributed by atoms with van der Waals surface area (Å²) in [6.07, 6.45) is 3.45. The van der Waals surface area contributed by atoms with Gasteiger partial charge in [0, 0.05) is 34.4 Å². The number of hydrogen-bond acceptors (Lipinski definition) is 5. The second-order valence-electron chi connectivity index (χ2n) is 9.79. The van der Waals surface area contributed by atoms with Crippen LogP contribution in [0.25, 0.3) is 16.7 Å². The van der Waals surface area contributed by atoms with E-state index in [0.29, 0.717) is 23.6 Å². The van der Waals surface area contributed by atoms with Crippen LogP contribution in [0.3, 0.4) is 0 Å². The number of rotatable bonds is 7. The van der Waals surface area contributed by atoms with Gasteiger partial charge in [-0.2, -0.15) is 0 Å². The number of Topliss-reactive ketones (excluding diaryl/α,β-unsaturated/α-hetero) is 1. The number of likely N-dealkylation sites (tertiary alicyclic amines) is 1. The van der Waals surface area contributed by atoms with E-state index in [1.807, 2.05) is 73.7 Å². The molecule has 1 aliphatic rings. The maximum Gasteiger partial charge on any atom is 0.296 e. The van der Waals surface area contributed by atoms with Gasteiger partial charge in [0.2, 0.25) is 0 Å². The number of pyridine rings is 1. The van der Waals surface area contributed by atoms with Crippen LogP contribution < -0.4 is 4.74 Å². The van der Waals surface area contributed by atoms with E-state index >= 15 is 0 Å². The van der Waals surface area contributed by atoms with Crippen LogP contribution in [-0.2, 0) is 22.7 Å². The fraction of sp³-hybridized carbons (Fsp3) is 0.121. The van der Waals surface area contributed by atoms with Crippen molar-refractivity contribution in [3.05, 3.63) is 137 Å². The van der Waals surface area contributed by atoms with E-state index < -0.39 is 17.7 Å². The molecular weight excluding hydrogens is 502 g/mol. The molecule has 40 heavy (non-hydrogen) atoms. The van der Waals surface area contributed by atoms with Gasteiger partial charge in [0.1, 0.15) is 18.1 Å². The van der Waals surface area contributed by atoms with Crippen molar-refractivity contribution in [3.8, 4) is 5.75 Å². The summed E-state index contributed by atoms with van der Waals surface area (Å²) >= 11 is 0. The van der Waals surface area contributed by atoms with Gasteiger partial charge < -0.3 is 19.7 Å². The van der Waals surface area contributed by atoms with E-state index in [0.717, 1.165) is 27.6 Å². The molecule has 7 heteroatoms. The van der Waals surface area contributed by atoms with Crippen LogP contribution in [0.4, 0.5) is 0 Å². The molecule has 0 aliphatic carbocycles. The minimum atomic E-state index is -0.799. The first kappa shape index (κ1) is 25.1. The molecule has 0 spiro atoms. The van der Waals surface area contributed by atoms with E-state index in [4.69, 9.17) is 4.74 Å². The highest BCUT2D eigenvalue weighted by Gasteiger charge is 2.47. The Balaban J connectivity index is 1.41. The Bertz CT molecular complexity index is 1740. The molecule has 0 radical (unpaired) electrons. The molecular formula is C33H27N3O4. The smallest absolute Gasteiger partial charge is 0.296 e. The molecule has 1 saturated heterocycles. The predicted octanol–water partition coefficient (Wildman–Crippen LogP) is 6.07. The lowest BCUT2D eigenvalue weighted by molar-refractivity contribution is -0.140. The molecule has 2 N–H and O–H groups in total. The van der Waals surface area contributed by atoms with Gasteiger partial charge in [-0.05, 0) is 54.4 Å². The highest BCUT2D eigenvalue weighted by atomic mass is 16.5. The molecule has 5 aromatic rings. The van der Waals surface area contributed by atoms with Gasteiger partial charge in [-0.15, -0.1) is 0 Å². The minimum Gasteiger partial charge on any atom is -0.507 e. The average Bonchev–Trinajstić information content (AvgIpc) is 3.51. The normalized spacial score (nSPS) is 16.5. The first-order valence-corrected chi connectivity index (χ1v) is 13.0. The molecule has 1 atom stereocenters. The Morgan fingerprint density at radius 3 is 2.52 bits per heavy atom. The SMILES string of the molecule is Cc1cc(/C(O)=C2\C(=O)C(=O)N(Cc3ccccn3)C2c2c[nH]c3ccccc23)ccc1OCc1ccccc1. The second-order valence-corrected chi connectivity index (χ2v) is 9.79. The highest BCUT2D eigenvalue weighted by molar-refractivity contribution is 6.46. The van der Waals surface area contributed by atoms with Crippen molar-refractivity contribution in [3.63, 3.8) is 0 Å². The second kappa shape index (κ2) is 10.5.